The number of hydrogen-bond acceptors (Lipinski definition) is 2. The third kappa shape index (κ3) is 4.43. The fraction of sp³-hybridized carbons (Fsp3) is 0.200. The lowest BCUT2D eigenvalue weighted by Gasteiger charge is -2.07. The van der Waals surface area contributed by atoms with Crippen LogP contribution in [-0.2, 0) is 6.42 Å². The average molecular weight is 255 g/mol. The molecule has 1 aromatic carbocycles. The van der Waals surface area contributed by atoms with E-state index in [4.69, 9.17) is 0 Å². The van der Waals surface area contributed by atoms with E-state index in [1.807, 2.05) is 43.3 Å². The minimum atomic E-state index is -0.182. The lowest BCUT2D eigenvalue weighted by Crippen LogP contribution is -2.30. The Balaban J connectivity index is 1.74. The molecule has 4 nitrogen and oxygen atoms in total. The average Bonchev–Trinajstić information content (AvgIpc) is 2.43. The van der Waals surface area contributed by atoms with Crippen molar-refractivity contribution in [2.24, 2.45) is 0 Å². The molecule has 0 saturated carbocycles. The minimum absolute atomic E-state index is 0.182. The van der Waals surface area contributed by atoms with Crippen molar-refractivity contribution in [3.63, 3.8) is 0 Å². The molecule has 2 aromatic rings. The fourth-order valence-corrected chi connectivity index (χ4v) is 1.68. The Morgan fingerprint density at radius 2 is 1.79 bits per heavy atom. The summed E-state index contributed by atoms with van der Waals surface area (Å²) < 4.78 is 0. The number of amides is 2. The maximum absolute atomic E-state index is 11.7. The molecule has 0 spiro atoms. The first-order valence-electron chi connectivity index (χ1n) is 6.24. The van der Waals surface area contributed by atoms with E-state index in [1.165, 1.54) is 5.56 Å². The molecule has 0 aliphatic carbocycles. The zero-order chi connectivity index (χ0) is 13.5. The molecule has 2 rings (SSSR count). The number of carbonyl (C=O) groups is 1. The van der Waals surface area contributed by atoms with Crippen LogP contribution in [0.5, 0.6) is 0 Å². The van der Waals surface area contributed by atoms with Crippen LogP contribution in [0, 0.1) is 6.92 Å². The summed E-state index contributed by atoms with van der Waals surface area (Å²) in [4.78, 5) is 15.6. The van der Waals surface area contributed by atoms with Crippen LogP contribution >= 0.6 is 0 Å². The Bertz CT molecular complexity index is 523. The second kappa shape index (κ2) is 6.54. The van der Waals surface area contributed by atoms with Gasteiger partial charge in [-0.2, -0.15) is 0 Å². The van der Waals surface area contributed by atoms with E-state index in [2.05, 4.69) is 15.6 Å². The predicted molar refractivity (Wildman–Crippen MR) is 76.1 cm³/mol. The summed E-state index contributed by atoms with van der Waals surface area (Å²) in [6, 6.07) is 11.4. The standard InChI is InChI=1S/C15H17N3O/c1-12-2-4-14(5-3-12)18-15(19)17-11-8-13-6-9-16-10-7-13/h2-7,9-10H,8,11H2,1H3,(H2,17,18,19). The number of aromatic nitrogens is 1. The van der Waals surface area contributed by atoms with E-state index in [0.29, 0.717) is 6.54 Å². The number of carbonyl (C=O) groups excluding carboxylic acids is 1. The molecule has 19 heavy (non-hydrogen) atoms. The summed E-state index contributed by atoms with van der Waals surface area (Å²) >= 11 is 0. The van der Waals surface area contributed by atoms with Gasteiger partial charge in [0.1, 0.15) is 0 Å². The summed E-state index contributed by atoms with van der Waals surface area (Å²) in [5.74, 6) is 0. The van der Waals surface area contributed by atoms with Gasteiger partial charge in [0.2, 0.25) is 0 Å². The molecule has 0 fully saturated rings. The molecule has 2 amide bonds. The highest BCUT2D eigenvalue weighted by atomic mass is 16.2. The number of nitrogens with one attached hydrogen (secondary N) is 2. The minimum Gasteiger partial charge on any atom is -0.338 e. The molecule has 98 valence electrons. The number of anilines is 1. The molecule has 1 aromatic heterocycles. The third-order valence-electron chi connectivity index (χ3n) is 2.76. The molecule has 0 saturated heterocycles. The van der Waals surface area contributed by atoms with Crippen molar-refractivity contribution >= 4 is 11.7 Å². The molecule has 2 N–H and O–H groups in total. The van der Waals surface area contributed by atoms with Crippen LogP contribution in [0.4, 0.5) is 10.5 Å². The van der Waals surface area contributed by atoms with Crippen LogP contribution in [-0.4, -0.2) is 17.6 Å². The number of hydrogen-bond donors (Lipinski definition) is 2. The molecule has 1 heterocycles. The van der Waals surface area contributed by atoms with Crippen LogP contribution in [0.2, 0.25) is 0 Å². The summed E-state index contributed by atoms with van der Waals surface area (Å²) in [5.41, 5.74) is 3.13. The molecule has 0 unspecified atom stereocenters. The molecule has 0 aliphatic rings. The topological polar surface area (TPSA) is 54.0 Å². The molecule has 4 heteroatoms. The first-order chi connectivity index (χ1) is 9.24. The molecule has 0 radical (unpaired) electrons. The van der Waals surface area contributed by atoms with Crippen molar-refractivity contribution in [2.75, 3.05) is 11.9 Å². The Kier molecular flexibility index (Phi) is 4.50. The number of benzene rings is 1. The highest BCUT2D eigenvalue weighted by Crippen LogP contribution is 2.08. The van der Waals surface area contributed by atoms with Crippen molar-refractivity contribution in [1.82, 2.24) is 10.3 Å². The van der Waals surface area contributed by atoms with E-state index in [1.54, 1.807) is 12.4 Å². The van der Waals surface area contributed by atoms with E-state index < -0.39 is 0 Å². The van der Waals surface area contributed by atoms with Crippen LogP contribution in [0.3, 0.4) is 0 Å². The van der Waals surface area contributed by atoms with Gasteiger partial charge in [0.25, 0.3) is 0 Å². The fourth-order valence-electron chi connectivity index (χ4n) is 1.68. The van der Waals surface area contributed by atoms with Gasteiger partial charge in [0.15, 0.2) is 0 Å². The van der Waals surface area contributed by atoms with Crippen molar-refractivity contribution in [3.05, 3.63) is 59.9 Å². The van der Waals surface area contributed by atoms with Crippen LogP contribution in [0.1, 0.15) is 11.1 Å². The Labute approximate surface area is 112 Å². The zero-order valence-electron chi connectivity index (χ0n) is 10.9. The highest BCUT2D eigenvalue weighted by Gasteiger charge is 2.00. The Hall–Kier alpha value is -2.36. The van der Waals surface area contributed by atoms with Crippen molar-refractivity contribution in [1.29, 1.82) is 0 Å². The Morgan fingerprint density at radius 1 is 1.11 bits per heavy atom. The molecule has 0 aliphatic heterocycles. The van der Waals surface area contributed by atoms with Gasteiger partial charge in [-0.3, -0.25) is 4.98 Å². The van der Waals surface area contributed by atoms with Gasteiger partial charge in [0.05, 0.1) is 0 Å². The number of nitrogens with zero attached hydrogens (tertiary/aromatic N) is 1. The van der Waals surface area contributed by atoms with Gasteiger partial charge in [-0.05, 0) is 43.2 Å². The van der Waals surface area contributed by atoms with E-state index in [9.17, 15) is 4.79 Å². The van der Waals surface area contributed by atoms with Gasteiger partial charge in [-0.25, -0.2) is 4.79 Å². The molecular formula is C15H17N3O. The molecule has 0 atom stereocenters. The summed E-state index contributed by atoms with van der Waals surface area (Å²) in [6.07, 6.45) is 4.30. The molecule has 0 bridgehead atoms. The number of urea groups is 1. The van der Waals surface area contributed by atoms with Gasteiger partial charge in [-0.15, -0.1) is 0 Å². The largest absolute Gasteiger partial charge is 0.338 e. The normalized spacial score (nSPS) is 9.95. The van der Waals surface area contributed by atoms with Crippen LogP contribution in [0.15, 0.2) is 48.8 Å². The second-order valence-electron chi connectivity index (χ2n) is 4.35. The van der Waals surface area contributed by atoms with Gasteiger partial charge in [0, 0.05) is 24.6 Å². The van der Waals surface area contributed by atoms with E-state index in [0.717, 1.165) is 17.7 Å². The Morgan fingerprint density at radius 3 is 2.47 bits per heavy atom. The first kappa shape index (κ1) is 13.1. The third-order valence-corrected chi connectivity index (χ3v) is 2.76. The van der Waals surface area contributed by atoms with Crippen LogP contribution in [0.25, 0.3) is 0 Å². The smallest absolute Gasteiger partial charge is 0.319 e. The maximum atomic E-state index is 11.7. The summed E-state index contributed by atoms with van der Waals surface area (Å²) in [6.45, 7) is 2.61. The summed E-state index contributed by atoms with van der Waals surface area (Å²) in [5, 5.41) is 5.62. The number of aryl methyl sites for hydroxylation is 1. The van der Waals surface area contributed by atoms with E-state index >= 15 is 0 Å². The predicted octanol–water partition coefficient (Wildman–Crippen LogP) is 2.75. The lowest BCUT2D eigenvalue weighted by molar-refractivity contribution is 0.252. The van der Waals surface area contributed by atoms with E-state index in [-0.39, 0.29) is 6.03 Å². The van der Waals surface area contributed by atoms with Crippen molar-refractivity contribution in [3.8, 4) is 0 Å². The lowest BCUT2D eigenvalue weighted by atomic mass is 10.2. The quantitative estimate of drug-likeness (QED) is 0.882. The van der Waals surface area contributed by atoms with Crippen molar-refractivity contribution < 1.29 is 4.79 Å². The van der Waals surface area contributed by atoms with Gasteiger partial charge in [-0.1, -0.05) is 17.7 Å². The number of rotatable bonds is 4. The second-order valence-corrected chi connectivity index (χ2v) is 4.35. The molecular weight excluding hydrogens is 238 g/mol. The monoisotopic (exact) mass is 255 g/mol. The van der Waals surface area contributed by atoms with Crippen LogP contribution < -0.4 is 10.6 Å². The SMILES string of the molecule is Cc1ccc(NC(=O)NCCc2ccncc2)cc1. The summed E-state index contributed by atoms with van der Waals surface area (Å²) in [7, 11) is 0. The highest BCUT2D eigenvalue weighted by molar-refractivity contribution is 5.89. The van der Waals surface area contributed by atoms with Gasteiger partial charge < -0.3 is 10.6 Å². The number of pyridine rings is 1. The van der Waals surface area contributed by atoms with Crippen molar-refractivity contribution in [2.45, 2.75) is 13.3 Å². The zero-order valence-corrected chi connectivity index (χ0v) is 10.9. The first-order valence-corrected chi connectivity index (χ1v) is 6.24. The van der Waals surface area contributed by atoms with Gasteiger partial charge >= 0.3 is 6.03 Å². The maximum Gasteiger partial charge on any atom is 0.319 e.